The topological polar surface area (TPSA) is 94.6 Å². The van der Waals surface area contributed by atoms with Crippen LogP contribution in [0.15, 0.2) is 66.9 Å². The van der Waals surface area contributed by atoms with Crippen LogP contribution in [0.25, 0.3) is 5.69 Å². The smallest absolute Gasteiger partial charge is 0.277 e. The van der Waals surface area contributed by atoms with Crippen molar-refractivity contribution in [2.24, 2.45) is 0 Å². The number of halogens is 2. The molecule has 3 heterocycles. The molecule has 4 aromatic rings. The number of hydrogen-bond donors (Lipinski definition) is 2. The molecule has 6 rings (SSSR count). The molecule has 39 heavy (non-hydrogen) atoms. The number of aromatic nitrogens is 1. The van der Waals surface area contributed by atoms with E-state index in [9.17, 15) is 14.5 Å². The van der Waals surface area contributed by atoms with Crippen molar-refractivity contribution in [1.82, 2.24) is 4.57 Å². The van der Waals surface area contributed by atoms with E-state index in [1.807, 2.05) is 47.9 Å². The summed E-state index contributed by atoms with van der Waals surface area (Å²) in [5.41, 5.74) is 2.04. The molecule has 0 radical (unpaired) electrons. The van der Waals surface area contributed by atoms with Crippen LogP contribution < -0.4 is 20.1 Å². The molecular formula is C29H23Cl2N4O4+. The first-order valence-electron chi connectivity index (χ1n) is 12.3. The van der Waals surface area contributed by atoms with Crippen molar-refractivity contribution in [3.8, 4) is 11.4 Å². The van der Waals surface area contributed by atoms with Crippen LogP contribution in [0, 0.1) is 4.91 Å². The van der Waals surface area contributed by atoms with Gasteiger partial charge in [0, 0.05) is 54.9 Å². The Morgan fingerprint density at radius 2 is 1.69 bits per heavy atom. The molecule has 0 aliphatic carbocycles. The number of nitrogens with one attached hydrogen (secondary N) is 2. The highest BCUT2D eigenvalue weighted by Gasteiger charge is 2.63. The van der Waals surface area contributed by atoms with E-state index in [1.165, 1.54) is 17.0 Å². The third kappa shape index (κ3) is 3.38. The molecule has 2 N–H and O–H groups in total. The molecule has 0 fully saturated rings. The van der Waals surface area contributed by atoms with Gasteiger partial charge < -0.3 is 14.6 Å². The molecule has 1 aromatic heterocycles. The second-order valence-electron chi connectivity index (χ2n) is 9.76. The summed E-state index contributed by atoms with van der Waals surface area (Å²) < 4.78 is 7.55. The van der Waals surface area contributed by atoms with E-state index < -0.39 is 17.4 Å². The number of carbonyl (C=O) groups excluding carboxylic acids is 2. The predicted octanol–water partition coefficient (Wildman–Crippen LogP) is 5.25. The Labute approximate surface area is 234 Å². The zero-order chi connectivity index (χ0) is 27.6. The first-order valence-corrected chi connectivity index (χ1v) is 13.0. The number of hydrogen-bond acceptors (Lipinski definition) is 4. The lowest BCUT2D eigenvalue weighted by Crippen LogP contribution is -2.58. The highest BCUT2D eigenvalue weighted by molar-refractivity contribution is 6.32. The van der Waals surface area contributed by atoms with Gasteiger partial charge in [0.05, 0.1) is 18.4 Å². The number of carbonyl (C=O) groups is 2. The predicted molar refractivity (Wildman–Crippen MR) is 150 cm³/mol. The number of amides is 2. The molecule has 2 amide bonds. The van der Waals surface area contributed by atoms with Crippen LogP contribution in [0.3, 0.4) is 0 Å². The molecule has 1 atom stereocenters. The zero-order valence-electron chi connectivity index (χ0n) is 21.2. The van der Waals surface area contributed by atoms with Crippen LogP contribution in [-0.4, -0.2) is 23.5 Å². The Hall–Kier alpha value is -4.14. The monoisotopic (exact) mass is 561 g/mol. The van der Waals surface area contributed by atoms with Gasteiger partial charge >= 0.3 is 0 Å². The molecule has 10 heteroatoms. The third-order valence-corrected chi connectivity index (χ3v) is 7.79. The van der Waals surface area contributed by atoms with Crippen LogP contribution in [-0.2, 0) is 10.3 Å². The molecular weight excluding hydrogens is 539 g/mol. The van der Waals surface area contributed by atoms with Gasteiger partial charge in [-0.3, -0.25) is 14.5 Å². The van der Waals surface area contributed by atoms with Crippen LogP contribution in [0.2, 0.25) is 10.0 Å². The van der Waals surface area contributed by atoms with Gasteiger partial charge in [-0.2, -0.15) is 0 Å². The number of para-hydroxylation sites is 2. The van der Waals surface area contributed by atoms with E-state index in [1.54, 1.807) is 37.6 Å². The molecule has 2 aliphatic heterocycles. The summed E-state index contributed by atoms with van der Waals surface area (Å²) in [4.78, 5) is 42.1. The second kappa shape index (κ2) is 8.97. The van der Waals surface area contributed by atoms with Gasteiger partial charge in [-0.25, -0.2) is 0 Å². The maximum absolute atomic E-state index is 14.4. The fourth-order valence-electron chi connectivity index (χ4n) is 5.85. The van der Waals surface area contributed by atoms with Crippen molar-refractivity contribution in [3.05, 3.63) is 104 Å². The number of rotatable bonds is 5. The lowest BCUT2D eigenvalue weighted by atomic mass is 9.81. The van der Waals surface area contributed by atoms with Crippen LogP contribution in [0.5, 0.6) is 5.75 Å². The number of fused-ring (bicyclic) bond motifs is 4. The molecule has 2 aliphatic rings. The highest BCUT2D eigenvalue weighted by Crippen LogP contribution is 2.56. The summed E-state index contributed by atoms with van der Waals surface area (Å²) in [5, 5.41) is 5.59. The van der Waals surface area contributed by atoms with E-state index in [0.29, 0.717) is 38.2 Å². The van der Waals surface area contributed by atoms with Gasteiger partial charge in [-0.15, -0.1) is 0 Å². The maximum Gasteiger partial charge on any atom is 0.277 e. The lowest BCUT2D eigenvalue weighted by molar-refractivity contribution is -0.378. The SMILES string of the molecule is COc1ccccc1-n1cc2c(c1C(C)C)C1(C(=O)Nc3cc(Cl)ccc31)N(c1cc(Cl)ccc1[NH+]=O)C2=O. The molecule has 8 nitrogen and oxygen atoms in total. The van der Waals surface area contributed by atoms with Crippen LogP contribution >= 0.6 is 23.2 Å². The van der Waals surface area contributed by atoms with E-state index in [4.69, 9.17) is 27.9 Å². The quantitative estimate of drug-likeness (QED) is 0.348. The van der Waals surface area contributed by atoms with Gasteiger partial charge in [0.15, 0.2) is 5.54 Å². The van der Waals surface area contributed by atoms with Crippen molar-refractivity contribution in [2.45, 2.75) is 25.3 Å². The number of methoxy groups -OCH3 is 1. The number of anilines is 2. The second-order valence-corrected chi connectivity index (χ2v) is 10.6. The molecule has 0 bridgehead atoms. The summed E-state index contributed by atoms with van der Waals surface area (Å²) >= 11 is 12.7. The van der Waals surface area contributed by atoms with Crippen molar-refractivity contribution < 1.29 is 19.5 Å². The summed E-state index contributed by atoms with van der Waals surface area (Å²) in [7, 11) is 1.58. The average Bonchev–Trinajstić information content (AvgIpc) is 3.52. The third-order valence-electron chi connectivity index (χ3n) is 7.32. The Bertz CT molecular complexity index is 1710. The fourth-order valence-corrected chi connectivity index (χ4v) is 6.19. The van der Waals surface area contributed by atoms with Gasteiger partial charge in [-0.1, -0.05) is 55.2 Å². The molecule has 0 saturated carbocycles. The first-order chi connectivity index (χ1) is 18.7. The van der Waals surface area contributed by atoms with Crippen LogP contribution in [0.4, 0.5) is 17.1 Å². The largest absolute Gasteiger partial charge is 0.495 e. The number of nitrogens with zero attached hydrogens (tertiary/aromatic N) is 2. The standard InChI is InChI=1S/C29H22Cl2N4O4/c1-15(2)26-25-18(14-34(26)22-6-4-5-7-24(22)39-3)27(36)35(23-13-17(31)9-11-20(23)33-38)29(25)19-10-8-16(30)12-21(19)32-28(29)37/h4-15H,1-3H3,(H,32,37)/p+1. The van der Waals surface area contributed by atoms with Gasteiger partial charge in [-0.05, 0) is 42.3 Å². The van der Waals surface area contributed by atoms with E-state index in [2.05, 4.69) is 5.32 Å². The van der Waals surface area contributed by atoms with Gasteiger partial charge in [0.2, 0.25) is 0 Å². The normalized spacial score (nSPS) is 17.5. The molecule has 0 saturated heterocycles. The number of ether oxygens (including phenoxy) is 1. The summed E-state index contributed by atoms with van der Waals surface area (Å²) in [6.45, 7) is 4.00. The Morgan fingerprint density at radius 1 is 0.974 bits per heavy atom. The summed E-state index contributed by atoms with van der Waals surface area (Å²) in [6.07, 6.45) is 1.74. The van der Waals surface area contributed by atoms with Crippen LogP contribution in [0.1, 0.15) is 46.9 Å². The van der Waals surface area contributed by atoms with Crippen molar-refractivity contribution in [1.29, 1.82) is 0 Å². The summed E-state index contributed by atoms with van der Waals surface area (Å²) in [5.74, 6) is -0.397. The van der Waals surface area contributed by atoms with Crippen molar-refractivity contribution in [3.63, 3.8) is 0 Å². The Morgan fingerprint density at radius 3 is 2.41 bits per heavy atom. The minimum atomic E-state index is -1.63. The van der Waals surface area contributed by atoms with E-state index in [-0.39, 0.29) is 17.3 Å². The zero-order valence-corrected chi connectivity index (χ0v) is 22.7. The lowest BCUT2D eigenvalue weighted by Gasteiger charge is -2.35. The van der Waals surface area contributed by atoms with Gasteiger partial charge in [0.25, 0.3) is 17.5 Å². The Kier molecular flexibility index (Phi) is 5.78. The first kappa shape index (κ1) is 25.2. The number of benzene rings is 3. The molecule has 1 spiro atoms. The maximum atomic E-state index is 14.4. The average molecular weight is 562 g/mol. The van der Waals surface area contributed by atoms with E-state index >= 15 is 0 Å². The molecule has 3 aromatic carbocycles. The fraction of sp³-hybridized carbons (Fsp3) is 0.172. The van der Waals surface area contributed by atoms with Crippen molar-refractivity contribution >= 4 is 52.1 Å². The molecule has 196 valence electrons. The minimum absolute atomic E-state index is 0.108. The minimum Gasteiger partial charge on any atom is -0.495 e. The number of nitroso groups, excluding NO2 is 1. The highest BCUT2D eigenvalue weighted by atomic mass is 35.5. The van der Waals surface area contributed by atoms with E-state index in [0.717, 1.165) is 11.4 Å². The Balaban J connectivity index is 1.76. The van der Waals surface area contributed by atoms with Crippen molar-refractivity contribution in [2.75, 3.05) is 17.3 Å². The van der Waals surface area contributed by atoms with Gasteiger partial charge in [0.1, 0.15) is 11.4 Å². The molecule has 1 unspecified atom stereocenters. The summed E-state index contributed by atoms with van der Waals surface area (Å²) in [6, 6.07) is 17.1.